The minimum Gasteiger partial charge on any atom is -0.497 e. The summed E-state index contributed by atoms with van der Waals surface area (Å²) < 4.78 is 10.7. The number of nitrogens with one attached hydrogen (secondary N) is 1. The topological polar surface area (TPSA) is 77.2 Å². The van der Waals surface area contributed by atoms with Crippen molar-refractivity contribution in [2.45, 2.75) is 13.5 Å². The average molecular weight is 323 g/mol. The van der Waals surface area contributed by atoms with E-state index in [1.54, 1.807) is 31.4 Å². The number of amides is 1. The van der Waals surface area contributed by atoms with Gasteiger partial charge in [0, 0.05) is 11.1 Å². The first kappa shape index (κ1) is 15.7. The van der Waals surface area contributed by atoms with Crippen molar-refractivity contribution >= 4 is 5.91 Å². The molecule has 1 amide bonds. The molecule has 24 heavy (non-hydrogen) atoms. The molecule has 0 bridgehead atoms. The molecule has 1 aromatic heterocycles. The lowest BCUT2D eigenvalue weighted by Crippen LogP contribution is -2.22. The Labute approximate surface area is 139 Å². The minimum absolute atomic E-state index is 0.162. The monoisotopic (exact) mass is 323 g/mol. The van der Waals surface area contributed by atoms with E-state index < -0.39 is 0 Å². The first-order valence-corrected chi connectivity index (χ1v) is 7.47. The van der Waals surface area contributed by atoms with E-state index in [0.717, 1.165) is 11.1 Å². The van der Waals surface area contributed by atoms with E-state index >= 15 is 0 Å². The number of nitrogens with zero attached hydrogens (tertiary/aromatic N) is 2. The highest BCUT2D eigenvalue weighted by Gasteiger charge is 2.11. The highest BCUT2D eigenvalue weighted by Crippen LogP contribution is 2.19. The maximum atomic E-state index is 12.2. The zero-order valence-electron chi connectivity index (χ0n) is 13.4. The zero-order chi connectivity index (χ0) is 16.9. The molecule has 0 spiro atoms. The largest absolute Gasteiger partial charge is 0.497 e. The van der Waals surface area contributed by atoms with Crippen LogP contribution >= 0.6 is 0 Å². The lowest BCUT2D eigenvalue weighted by atomic mass is 10.1. The SMILES string of the molecule is COc1cccc(C(=O)NCc2nnc(-c3cccc(C)c3)o2)c1. The summed E-state index contributed by atoms with van der Waals surface area (Å²) in [4.78, 5) is 12.2. The van der Waals surface area contributed by atoms with Gasteiger partial charge >= 0.3 is 0 Å². The second-order valence-corrected chi connectivity index (χ2v) is 5.29. The number of carbonyl (C=O) groups is 1. The molecule has 0 fully saturated rings. The summed E-state index contributed by atoms with van der Waals surface area (Å²) in [6.45, 7) is 2.16. The molecular weight excluding hydrogens is 306 g/mol. The second-order valence-electron chi connectivity index (χ2n) is 5.29. The van der Waals surface area contributed by atoms with Gasteiger partial charge in [-0.1, -0.05) is 23.8 Å². The number of hydrogen-bond donors (Lipinski definition) is 1. The summed E-state index contributed by atoms with van der Waals surface area (Å²) in [7, 11) is 1.56. The fourth-order valence-corrected chi connectivity index (χ4v) is 2.24. The van der Waals surface area contributed by atoms with Crippen molar-refractivity contribution in [2.75, 3.05) is 7.11 Å². The Hall–Kier alpha value is -3.15. The van der Waals surface area contributed by atoms with Gasteiger partial charge < -0.3 is 14.5 Å². The van der Waals surface area contributed by atoms with Crippen LogP contribution in [-0.2, 0) is 6.54 Å². The summed E-state index contributed by atoms with van der Waals surface area (Å²) in [5, 5.41) is 10.7. The first-order chi connectivity index (χ1) is 11.7. The Bertz CT molecular complexity index is 858. The van der Waals surface area contributed by atoms with Gasteiger partial charge in [0.05, 0.1) is 13.7 Å². The Balaban J connectivity index is 1.66. The maximum absolute atomic E-state index is 12.2. The van der Waals surface area contributed by atoms with Crippen LogP contribution in [0.4, 0.5) is 0 Å². The number of carbonyl (C=O) groups excluding carboxylic acids is 1. The van der Waals surface area contributed by atoms with E-state index in [0.29, 0.717) is 23.1 Å². The molecule has 3 aromatic rings. The van der Waals surface area contributed by atoms with E-state index in [1.807, 2.05) is 31.2 Å². The normalized spacial score (nSPS) is 10.4. The lowest BCUT2D eigenvalue weighted by Gasteiger charge is -2.04. The smallest absolute Gasteiger partial charge is 0.251 e. The lowest BCUT2D eigenvalue weighted by molar-refractivity contribution is 0.0947. The number of methoxy groups -OCH3 is 1. The van der Waals surface area contributed by atoms with Crippen LogP contribution in [0.25, 0.3) is 11.5 Å². The predicted molar refractivity (Wildman–Crippen MR) is 88.6 cm³/mol. The van der Waals surface area contributed by atoms with Crippen LogP contribution in [0, 0.1) is 6.92 Å². The van der Waals surface area contributed by atoms with Crippen LogP contribution in [0.1, 0.15) is 21.8 Å². The zero-order valence-corrected chi connectivity index (χ0v) is 13.4. The number of ether oxygens (including phenoxy) is 1. The molecule has 0 saturated carbocycles. The van der Waals surface area contributed by atoms with Gasteiger partial charge in [0.25, 0.3) is 5.91 Å². The van der Waals surface area contributed by atoms with Crippen molar-refractivity contribution < 1.29 is 13.9 Å². The summed E-state index contributed by atoms with van der Waals surface area (Å²) in [5.41, 5.74) is 2.47. The molecule has 0 aliphatic carbocycles. The maximum Gasteiger partial charge on any atom is 0.251 e. The van der Waals surface area contributed by atoms with Crippen molar-refractivity contribution in [1.29, 1.82) is 0 Å². The minimum atomic E-state index is -0.232. The third-order valence-corrected chi connectivity index (χ3v) is 3.46. The molecule has 1 heterocycles. The molecule has 6 heteroatoms. The Kier molecular flexibility index (Phi) is 4.56. The molecule has 122 valence electrons. The summed E-state index contributed by atoms with van der Waals surface area (Å²) in [6.07, 6.45) is 0. The van der Waals surface area contributed by atoms with Crippen LogP contribution < -0.4 is 10.1 Å². The predicted octanol–water partition coefficient (Wildman–Crippen LogP) is 2.98. The molecule has 6 nitrogen and oxygen atoms in total. The van der Waals surface area contributed by atoms with Crippen molar-refractivity contribution in [2.24, 2.45) is 0 Å². The molecule has 3 rings (SSSR count). The van der Waals surface area contributed by atoms with Gasteiger partial charge in [0.1, 0.15) is 5.75 Å². The van der Waals surface area contributed by atoms with Crippen molar-refractivity contribution in [1.82, 2.24) is 15.5 Å². The van der Waals surface area contributed by atoms with Gasteiger partial charge in [0.2, 0.25) is 11.8 Å². The molecule has 0 atom stereocenters. The quantitative estimate of drug-likeness (QED) is 0.781. The van der Waals surface area contributed by atoms with E-state index in [4.69, 9.17) is 9.15 Å². The number of aryl methyl sites for hydroxylation is 1. The standard InChI is InChI=1S/C18H17N3O3/c1-12-5-3-7-14(9-12)18-21-20-16(24-18)11-19-17(22)13-6-4-8-15(10-13)23-2/h3-10H,11H2,1-2H3,(H,19,22). The van der Waals surface area contributed by atoms with E-state index in [9.17, 15) is 4.79 Å². The number of rotatable bonds is 5. The third-order valence-electron chi connectivity index (χ3n) is 3.46. The van der Waals surface area contributed by atoms with E-state index in [2.05, 4.69) is 15.5 Å². The first-order valence-electron chi connectivity index (χ1n) is 7.47. The number of hydrogen-bond acceptors (Lipinski definition) is 5. The number of aromatic nitrogens is 2. The molecule has 0 radical (unpaired) electrons. The van der Waals surface area contributed by atoms with Gasteiger partial charge in [0.15, 0.2) is 0 Å². The highest BCUT2D eigenvalue weighted by molar-refractivity contribution is 5.94. The van der Waals surface area contributed by atoms with Crippen LogP contribution in [-0.4, -0.2) is 23.2 Å². The van der Waals surface area contributed by atoms with Crippen molar-refractivity contribution in [3.8, 4) is 17.2 Å². The molecule has 0 saturated heterocycles. The molecule has 0 unspecified atom stereocenters. The van der Waals surface area contributed by atoms with Crippen LogP contribution in [0.2, 0.25) is 0 Å². The molecule has 0 aliphatic rings. The highest BCUT2D eigenvalue weighted by atomic mass is 16.5. The second kappa shape index (κ2) is 6.95. The van der Waals surface area contributed by atoms with E-state index in [-0.39, 0.29) is 12.5 Å². The van der Waals surface area contributed by atoms with Gasteiger partial charge in [-0.05, 0) is 37.3 Å². The van der Waals surface area contributed by atoms with Gasteiger partial charge in [-0.3, -0.25) is 4.79 Å². The molecular formula is C18H17N3O3. The summed E-state index contributed by atoms with van der Waals surface area (Å²) in [6, 6.07) is 14.7. The molecule has 0 aliphatic heterocycles. The summed E-state index contributed by atoms with van der Waals surface area (Å²) >= 11 is 0. The Morgan fingerprint density at radius 3 is 2.79 bits per heavy atom. The van der Waals surface area contributed by atoms with Gasteiger partial charge in [-0.25, -0.2) is 0 Å². The molecule has 1 N–H and O–H groups in total. The fourth-order valence-electron chi connectivity index (χ4n) is 2.24. The molecule has 2 aromatic carbocycles. The summed E-state index contributed by atoms with van der Waals surface area (Å²) in [5.74, 6) is 1.18. The average Bonchev–Trinajstić information content (AvgIpc) is 3.09. The van der Waals surface area contributed by atoms with Gasteiger partial charge in [-0.2, -0.15) is 0 Å². The number of benzene rings is 2. The Morgan fingerprint density at radius 2 is 2.00 bits per heavy atom. The third kappa shape index (κ3) is 3.60. The van der Waals surface area contributed by atoms with Crippen molar-refractivity contribution in [3.63, 3.8) is 0 Å². The van der Waals surface area contributed by atoms with Crippen LogP contribution in [0.15, 0.2) is 52.9 Å². The van der Waals surface area contributed by atoms with Crippen LogP contribution in [0.5, 0.6) is 5.75 Å². The van der Waals surface area contributed by atoms with Gasteiger partial charge in [-0.15, -0.1) is 10.2 Å². The fraction of sp³-hybridized carbons (Fsp3) is 0.167. The van der Waals surface area contributed by atoms with Crippen molar-refractivity contribution in [3.05, 3.63) is 65.5 Å². The van der Waals surface area contributed by atoms with E-state index in [1.165, 1.54) is 0 Å². The van der Waals surface area contributed by atoms with Crippen LogP contribution in [0.3, 0.4) is 0 Å². The Morgan fingerprint density at radius 1 is 1.17 bits per heavy atom.